The third-order valence-electron chi connectivity index (χ3n) is 2.51. The molecule has 1 fully saturated rings. The van der Waals surface area contributed by atoms with Crippen LogP contribution in [0, 0.1) is 5.92 Å². The lowest BCUT2D eigenvalue weighted by molar-refractivity contribution is -0.0310. The highest BCUT2D eigenvalue weighted by atomic mass is 16.4. The van der Waals surface area contributed by atoms with Gasteiger partial charge in [-0.1, -0.05) is 0 Å². The highest BCUT2D eigenvalue weighted by Gasteiger charge is 2.47. The Hall–Kier alpha value is -0.200. The summed E-state index contributed by atoms with van der Waals surface area (Å²) in [5, 5.41) is 39.5. The molecule has 72 valence electrons. The molecule has 0 saturated heterocycles. The standard InChI is InChI=1S/C7H15NO4/c1-8-4-3(2-9)5(10)7(12)6(4)11/h3-12H,2H2,1H3/t3-,4+,5-,6-,7-/m0/s1. The van der Waals surface area contributed by atoms with Gasteiger partial charge >= 0.3 is 0 Å². The molecule has 0 spiro atoms. The van der Waals surface area contributed by atoms with Gasteiger partial charge in [-0.2, -0.15) is 0 Å². The fourth-order valence-corrected chi connectivity index (χ4v) is 1.74. The monoisotopic (exact) mass is 177 g/mol. The van der Waals surface area contributed by atoms with E-state index in [2.05, 4.69) is 5.32 Å². The van der Waals surface area contributed by atoms with Crippen LogP contribution in [-0.2, 0) is 0 Å². The molecule has 0 aromatic rings. The van der Waals surface area contributed by atoms with Gasteiger partial charge in [0.15, 0.2) is 0 Å². The van der Waals surface area contributed by atoms with Crippen molar-refractivity contribution in [3.63, 3.8) is 0 Å². The van der Waals surface area contributed by atoms with E-state index >= 15 is 0 Å². The molecule has 1 saturated carbocycles. The Balaban J connectivity index is 2.72. The van der Waals surface area contributed by atoms with Crippen molar-refractivity contribution in [2.24, 2.45) is 5.92 Å². The molecule has 0 bridgehead atoms. The quantitative estimate of drug-likeness (QED) is 0.316. The number of aliphatic hydroxyl groups excluding tert-OH is 4. The van der Waals surface area contributed by atoms with Gasteiger partial charge in [0.05, 0.1) is 18.8 Å². The summed E-state index contributed by atoms with van der Waals surface area (Å²) >= 11 is 0. The van der Waals surface area contributed by atoms with E-state index in [4.69, 9.17) is 5.11 Å². The van der Waals surface area contributed by atoms with Crippen LogP contribution in [0.4, 0.5) is 0 Å². The van der Waals surface area contributed by atoms with Crippen LogP contribution < -0.4 is 5.32 Å². The highest BCUT2D eigenvalue weighted by molar-refractivity contribution is 5.01. The average Bonchev–Trinajstić information content (AvgIpc) is 2.29. The van der Waals surface area contributed by atoms with Crippen molar-refractivity contribution >= 4 is 0 Å². The van der Waals surface area contributed by atoms with E-state index in [-0.39, 0.29) is 6.61 Å². The summed E-state index contributed by atoms with van der Waals surface area (Å²) in [6, 6.07) is -0.444. The highest BCUT2D eigenvalue weighted by Crippen LogP contribution is 2.26. The molecule has 12 heavy (non-hydrogen) atoms. The van der Waals surface area contributed by atoms with Crippen LogP contribution in [0.3, 0.4) is 0 Å². The molecule has 0 unspecified atom stereocenters. The second-order valence-corrected chi connectivity index (χ2v) is 3.13. The van der Waals surface area contributed by atoms with Gasteiger partial charge in [0.1, 0.15) is 6.10 Å². The van der Waals surface area contributed by atoms with Crippen molar-refractivity contribution < 1.29 is 20.4 Å². The smallest absolute Gasteiger partial charge is 0.108 e. The molecule has 1 rings (SSSR count). The first kappa shape index (κ1) is 9.88. The lowest BCUT2D eigenvalue weighted by Gasteiger charge is -2.19. The predicted molar refractivity (Wildman–Crippen MR) is 41.4 cm³/mol. The maximum Gasteiger partial charge on any atom is 0.108 e. The normalized spacial score (nSPS) is 48.2. The molecule has 5 atom stereocenters. The molecule has 0 aromatic heterocycles. The maximum absolute atomic E-state index is 9.35. The van der Waals surface area contributed by atoms with Crippen LogP contribution in [-0.4, -0.2) is 58.4 Å². The van der Waals surface area contributed by atoms with Gasteiger partial charge in [-0.25, -0.2) is 0 Å². The fraction of sp³-hybridized carbons (Fsp3) is 1.00. The van der Waals surface area contributed by atoms with Crippen molar-refractivity contribution in [3.8, 4) is 0 Å². The van der Waals surface area contributed by atoms with Crippen molar-refractivity contribution in [2.75, 3.05) is 13.7 Å². The third-order valence-corrected chi connectivity index (χ3v) is 2.51. The van der Waals surface area contributed by atoms with Crippen LogP contribution >= 0.6 is 0 Å². The van der Waals surface area contributed by atoms with Gasteiger partial charge in [0.2, 0.25) is 0 Å². The van der Waals surface area contributed by atoms with E-state index in [1.54, 1.807) is 7.05 Å². The van der Waals surface area contributed by atoms with E-state index in [1.807, 2.05) is 0 Å². The fourth-order valence-electron chi connectivity index (χ4n) is 1.74. The van der Waals surface area contributed by atoms with E-state index in [0.29, 0.717) is 0 Å². The lowest BCUT2D eigenvalue weighted by atomic mass is 10.0. The van der Waals surface area contributed by atoms with Gasteiger partial charge in [-0.3, -0.25) is 0 Å². The molecule has 5 N–H and O–H groups in total. The zero-order valence-electron chi connectivity index (χ0n) is 6.88. The van der Waals surface area contributed by atoms with Gasteiger partial charge in [0.25, 0.3) is 0 Å². The Labute approximate surface area is 70.6 Å². The maximum atomic E-state index is 9.35. The second kappa shape index (κ2) is 3.68. The van der Waals surface area contributed by atoms with Crippen molar-refractivity contribution in [1.29, 1.82) is 0 Å². The largest absolute Gasteiger partial charge is 0.396 e. The molecule has 5 heteroatoms. The number of nitrogens with one attached hydrogen (secondary N) is 1. The Morgan fingerprint density at radius 2 is 1.67 bits per heavy atom. The van der Waals surface area contributed by atoms with Crippen molar-refractivity contribution in [3.05, 3.63) is 0 Å². The first-order chi connectivity index (χ1) is 5.63. The zero-order valence-corrected chi connectivity index (χ0v) is 6.88. The minimum atomic E-state index is -1.17. The molecule has 0 heterocycles. The Morgan fingerprint density at radius 3 is 2.00 bits per heavy atom. The summed E-state index contributed by atoms with van der Waals surface area (Å²) in [6.45, 7) is -0.249. The topological polar surface area (TPSA) is 93.0 Å². The summed E-state index contributed by atoms with van der Waals surface area (Å²) < 4.78 is 0. The van der Waals surface area contributed by atoms with E-state index in [9.17, 15) is 15.3 Å². The minimum absolute atomic E-state index is 0.249. The third kappa shape index (κ3) is 1.34. The second-order valence-electron chi connectivity index (χ2n) is 3.13. The van der Waals surface area contributed by atoms with Crippen molar-refractivity contribution in [2.45, 2.75) is 24.4 Å². The summed E-state index contributed by atoms with van der Waals surface area (Å²) in [5.41, 5.74) is 0. The summed E-state index contributed by atoms with van der Waals surface area (Å²) in [7, 11) is 1.61. The first-order valence-electron chi connectivity index (χ1n) is 3.95. The van der Waals surface area contributed by atoms with E-state index < -0.39 is 30.3 Å². The van der Waals surface area contributed by atoms with Crippen LogP contribution in [0.2, 0.25) is 0 Å². The average molecular weight is 177 g/mol. The molecule has 0 amide bonds. The number of likely N-dealkylation sites (N-methyl/N-ethyl adjacent to an activating group) is 1. The van der Waals surface area contributed by atoms with Crippen LogP contribution in [0.1, 0.15) is 0 Å². The zero-order chi connectivity index (χ0) is 9.30. The number of hydrogen-bond acceptors (Lipinski definition) is 5. The van der Waals surface area contributed by atoms with E-state index in [0.717, 1.165) is 0 Å². The molecule has 5 nitrogen and oxygen atoms in total. The molecular formula is C7H15NO4. The summed E-state index contributed by atoms with van der Waals surface area (Å²) in [5.74, 6) is -0.500. The van der Waals surface area contributed by atoms with Crippen LogP contribution in [0.15, 0.2) is 0 Å². The molecular weight excluding hydrogens is 162 g/mol. The van der Waals surface area contributed by atoms with Gasteiger partial charge in [-0.15, -0.1) is 0 Å². The Kier molecular flexibility index (Phi) is 3.03. The summed E-state index contributed by atoms with van der Waals surface area (Å²) in [6.07, 6.45) is -3.23. The van der Waals surface area contributed by atoms with Crippen LogP contribution in [0.5, 0.6) is 0 Å². The lowest BCUT2D eigenvalue weighted by Crippen LogP contribution is -2.41. The van der Waals surface area contributed by atoms with Gasteiger partial charge in [-0.05, 0) is 7.05 Å². The first-order valence-corrected chi connectivity index (χ1v) is 3.95. The van der Waals surface area contributed by atoms with E-state index in [1.165, 1.54) is 0 Å². The Morgan fingerprint density at radius 1 is 1.08 bits per heavy atom. The number of rotatable bonds is 2. The SMILES string of the molecule is CN[C@H]1[C@H](O)[C@@H](O)[C@@H](O)[C@H]1CO. The molecule has 0 aliphatic heterocycles. The van der Waals surface area contributed by atoms with Crippen LogP contribution in [0.25, 0.3) is 0 Å². The summed E-state index contributed by atoms with van der Waals surface area (Å²) in [4.78, 5) is 0. The number of aliphatic hydroxyl groups is 4. The van der Waals surface area contributed by atoms with Gasteiger partial charge in [0, 0.05) is 12.0 Å². The minimum Gasteiger partial charge on any atom is -0.396 e. The molecule has 1 aliphatic carbocycles. The van der Waals surface area contributed by atoms with Gasteiger partial charge < -0.3 is 25.7 Å². The van der Waals surface area contributed by atoms with Crippen molar-refractivity contribution in [1.82, 2.24) is 5.32 Å². The molecule has 0 aromatic carbocycles. The Bertz CT molecular complexity index is 138. The number of hydrogen-bond donors (Lipinski definition) is 5. The predicted octanol–water partition coefficient (Wildman–Crippen LogP) is -2.72. The molecule has 0 radical (unpaired) electrons. The molecule has 1 aliphatic rings.